The van der Waals surface area contributed by atoms with Gasteiger partial charge in [0.2, 0.25) is 10.0 Å². The summed E-state index contributed by atoms with van der Waals surface area (Å²) in [5.74, 6) is 0. The number of nitrogen functional groups attached to an aromatic ring is 1. The Kier molecular flexibility index (Phi) is 6.05. The molecule has 6 nitrogen and oxygen atoms in total. The van der Waals surface area contributed by atoms with E-state index >= 15 is 0 Å². The molecule has 1 aromatic carbocycles. The Balaban J connectivity index is 2.05. The molecular formula is C15H25N3O3S. The third-order valence-electron chi connectivity index (χ3n) is 3.90. The van der Waals surface area contributed by atoms with Crippen LogP contribution in [0.25, 0.3) is 0 Å². The van der Waals surface area contributed by atoms with Crippen molar-refractivity contribution in [2.75, 3.05) is 31.3 Å². The molecule has 1 aromatic rings. The van der Waals surface area contributed by atoms with E-state index < -0.39 is 10.0 Å². The maximum Gasteiger partial charge on any atom is 0.240 e. The van der Waals surface area contributed by atoms with Crippen LogP contribution in [-0.4, -0.2) is 34.7 Å². The molecule has 7 heteroatoms. The first-order valence-electron chi connectivity index (χ1n) is 7.67. The van der Waals surface area contributed by atoms with Gasteiger partial charge in [0.1, 0.15) is 0 Å². The van der Waals surface area contributed by atoms with E-state index in [1.807, 2.05) is 0 Å². The minimum absolute atomic E-state index is 0.176. The summed E-state index contributed by atoms with van der Waals surface area (Å²) in [6.45, 7) is 0.566. The Morgan fingerprint density at radius 1 is 1.27 bits per heavy atom. The van der Waals surface area contributed by atoms with E-state index in [4.69, 9.17) is 10.5 Å². The number of methoxy groups -OCH3 is 1. The zero-order valence-corrected chi connectivity index (χ0v) is 13.8. The van der Waals surface area contributed by atoms with Crippen LogP contribution in [0.1, 0.15) is 32.1 Å². The number of ether oxygens (including phenoxy) is 1. The lowest BCUT2D eigenvalue weighted by atomic mass is 9.95. The highest BCUT2D eigenvalue weighted by atomic mass is 32.2. The molecule has 0 atom stereocenters. The van der Waals surface area contributed by atoms with Crippen molar-refractivity contribution >= 4 is 21.4 Å². The molecule has 1 saturated carbocycles. The van der Waals surface area contributed by atoms with Gasteiger partial charge in [0.15, 0.2) is 0 Å². The number of rotatable bonds is 7. The summed E-state index contributed by atoms with van der Waals surface area (Å²) in [5.41, 5.74) is 7.28. The summed E-state index contributed by atoms with van der Waals surface area (Å²) in [5, 5.41) is 3.42. The molecule has 0 radical (unpaired) electrons. The molecule has 4 N–H and O–H groups in total. The number of hydrogen-bond acceptors (Lipinski definition) is 5. The third kappa shape index (κ3) is 4.59. The van der Waals surface area contributed by atoms with Gasteiger partial charge >= 0.3 is 0 Å². The van der Waals surface area contributed by atoms with E-state index in [0.29, 0.717) is 18.3 Å². The molecule has 0 spiro atoms. The molecule has 1 aliphatic carbocycles. The summed E-state index contributed by atoms with van der Waals surface area (Å²) in [7, 11) is -2.02. The average molecular weight is 327 g/mol. The molecule has 124 valence electrons. The first-order valence-corrected chi connectivity index (χ1v) is 9.16. The standard InChI is InChI=1S/C15H25N3O3S/c1-21-10-9-17-22(19,20)13-7-8-15(14(16)11-13)18-12-5-3-2-4-6-12/h7-8,11-12,17-18H,2-6,9-10,16H2,1H3. The second-order valence-electron chi connectivity index (χ2n) is 5.62. The zero-order valence-electron chi connectivity index (χ0n) is 13.0. The highest BCUT2D eigenvalue weighted by molar-refractivity contribution is 7.89. The Morgan fingerprint density at radius 3 is 2.64 bits per heavy atom. The lowest BCUT2D eigenvalue weighted by Gasteiger charge is -2.24. The molecule has 0 bridgehead atoms. The molecule has 0 heterocycles. The minimum atomic E-state index is -3.54. The lowest BCUT2D eigenvalue weighted by Crippen LogP contribution is -2.27. The van der Waals surface area contributed by atoms with Gasteiger partial charge in [-0.1, -0.05) is 19.3 Å². The molecule has 0 aliphatic heterocycles. The van der Waals surface area contributed by atoms with Crippen molar-refractivity contribution in [1.29, 1.82) is 0 Å². The van der Waals surface area contributed by atoms with Crippen LogP contribution >= 0.6 is 0 Å². The SMILES string of the molecule is COCCNS(=O)(=O)c1ccc(NC2CCCCC2)c(N)c1. The molecule has 1 fully saturated rings. The molecule has 0 aromatic heterocycles. The van der Waals surface area contributed by atoms with Gasteiger partial charge in [-0.25, -0.2) is 13.1 Å². The molecule has 0 saturated heterocycles. The van der Waals surface area contributed by atoms with Gasteiger partial charge in [-0.3, -0.25) is 0 Å². The monoisotopic (exact) mass is 327 g/mol. The molecule has 22 heavy (non-hydrogen) atoms. The molecule has 2 rings (SSSR count). The Labute approximate surface area is 132 Å². The first-order chi connectivity index (χ1) is 10.5. The maximum absolute atomic E-state index is 12.1. The van der Waals surface area contributed by atoms with Crippen molar-refractivity contribution in [3.63, 3.8) is 0 Å². The van der Waals surface area contributed by atoms with Crippen LogP contribution in [0.5, 0.6) is 0 Å². The first kappa shape index (κ1) is 17.1. The average Bonchev–Trinajstić information content (AvgIpc) is 2.50. The molecular weight excluding hydrogens is 302 g/mol. The fourth-order valence-corrected chi connectivity index (χ4v) is 3.72. The van der Waals surface area contributed by atoms with E-state index in [1.165, 1.54) is 32.4 Å². The fraction of sp³-hybridized carbons (Fsp3) is 0.600. The van der Waals surface area contributed by atoms with E-state index in [2.05, 4.69) is 10.0 Å². The van der Waals surface area contributed by atoms with Gasteiger partial charge in [0.05, 0.1) is 22.9 Å². The number of nitrogens with one attached hydrogen (secondary N) is 2. The Hall–Kier alpha value is -1.31. The highest BCUT2D eigenvalue weighted by Gasteiger charge is 2.17. The third-order valence-corrected chi connectivity index (χ3v) is 5.36. The second kappa shape index (κ2) is 7.80. The zero-order chi connectivity index (χ0) is 16.0. The molecule has 1 aliphatic rings. The van der Waals surface area contributed by atoms with Gasteiger partial charge in [-0.15, -0.1) is 0 Å². The van der Waals surface area contributed by atoms with Crippen LogP contribution in [-0.2, 0) is 14.8 Å². The van der Waals surface area contributed by atoms with Crippen LogP contribution in [0.2, 0.25) is 0 Å². The number of sulfonamides is 1. The summed E-state index contributed by atoms with van der Waals surface area (Å²) < 4.78 is 31.6. The molecule has 0 unspecified atom stereocenters. The number of hydrogen-bond donors (Lipinski definition) is 3. The van der Waals surface area contributed by atoms with E-state index in [9.17, 15) is 8.42 Å². The largest absolute Gasteiger partial charge is 0.397 e. The summed E-state index contributed by atoms with van der Waals surface area (Å²) in [6.07, 6.45) is 6.02. The predicted octanol–water partition coefficient (Wildman–Crippen LogP) is 1.94. The minimum Gasteiger partial charge on any atom is -0.397 e. The second-order valence-corrected chi connectivity index (χ2v) is 7.39. The van der Waals surface area contributed by atoms with Crippen molar-refractivity contribution < 1.29 is 13.2 Å². The van der Waals surface area contributed by atoms with Gasteiger partial charge in [-0.2, -0.15) is 0 Å². The summed E-state index contributed by atoms with van der Waals surface area (Å²) in [6, 6.07) is 5.25. The fourth-order valence-electron chi connectivity index (χ4n) is 2.67. The van der Waals surface area contributed by atoms with Crippen molar-refractivity contribution in [3.8, 4) is 0 Å². The van der Waals surface area contributed by atoms with Gasteiger partial charge < -0.3 is 15.8 Å². The summed E-state index contributed by atoms with van der Waals surface area (Å²) in [4.78, 5) is 0.176. The van der Waals surface area contributed by atoms with Crippen molar-refractivity contribution in [1.82, 2.24) is 4.72 Å². The van der Waals surface area contributed by atoms with Crippen molar-refractivity contribution in [2.24, 2.45) is 0 Å². The lowest BCUT2D eigenvalue weighted by molar-refractivity contribution is 0.204. The van der Waals surface area contributed by atoms with Crippen LogP contribution < -0.4 is 15.8 Å². The normalized spacial score (nSPS) is 16.6. The van der Waals surface area contributed by atoms with Crippen LogP contribution in [0.3, 0.4) is 0 Å². The van der Waals surface area contributed by atoms with Gasteiger partial charge in [-0.05, 0) is 31.0 Å². The topological polar surface area (TPSA) is 93.4 Å². The van der Waals surface area contributed by atoms with Gasteiger partial charge in [0.25, 0.3) is 0 Å². The van der Waals surface area contributed by atoms with Crippen LogP contribution in [0.15, 0.2) is 23.1 Å². The quantitative estimate of drug-likeness (QED) is 0.525. The number of anilines is 2. The van der Waals surface area contributed by atoms with Gasteiger partial charge in [0, 0.05) is 19.7 Å². The van der Waals surface area contributed by atoms with E-state index in [-0.39, 0.29) is 11.4 Å². The molecule has 0 amide bonds. The summed E-state index contributed by atoms with van der Waals surface area (Å²) >= 11 is 0. The number of nitrogens with two attached hydrogens (primary N) is 1. The van der Waals surface area contributed by atoms with Crippen LogP contribution in [0, 0.1) is 0 Å². The number of benzene rings is 1. The van der Waals surface area contributed by atoms with E-state index in [1.54, 1.807) is 12.1 Å². The maximum atomic E-state index is 12.1. The smallest absolute Gasteiger partial charge is 0.240 e. The highest BCUT2D eigenvalue weighted by Crippen LogP contribution is 2.27. The Bertz CT molecular complexity index is 584. The predicted molar refractivity (Wildman–Crippen MR) is 88.4 cm³/mol. The van der Waals surface area contributed by atoms with Crippen molar-refractivity contribution in [2.45, 2.75) is 43.0 Å². The van der Waals surface area contributed by atoms with Crippen LogP contribution in [0.4, 0.5) is 11.4 Å². The van der Waals surface area contributed by atoms with Crippen molar-refractivity contribution in [3.05, 3.63) is 18.2 Å². The Morgan fingerprint density at radius 2 is 2.00 bits per heavy atom. The van der Waals surface area contributed by atoms with E-state index in [0.717, 1.165) is 18.5 Å².